The highest BCUT2D eigenvalue weighted by Crippen LogP contribution is 2.37. The van der Waals surface area contributed by atoms with Gasteiger partial charge >= 0.3 is 0 Å². The van der Waals surface area contributed by atoms with Crippen LogP contribution in [0.5, 0.6) is 0 Å². The molecule has 1 aliphatic heterocycles. The van der Waals surface area contributed by atoms with Crippen LogP contribution in [-0.2, 0) is 7.05 Å². The molecule has 0 fully saturated rings. The molecule has 2 aromatic carbocycles. The van der Waals surface area contributed by atoms with Gasteiger partial charge in [0.05, 0.1) is 11.1 Å². The quantitative estimate of drug-likeness (QED) is 0.694. The highest BCUT2D eigenvalue weighted by molar-refractivity contribution is 6.31. The van der Waals surface area contributed by atoms with Crippen molar-refractivity contribution in [3.63, 3.8) is 0 Å². The minimum Gasteiger partial charge on any atom is -0.369 e. The van der Waals surface area contributed by atoms with Gasteiger partial charge in [-0.05, 0) is 36.2 Å². The number of para-hydroxylation sites is 1. The lowest BCUT2D eigenvalue weighted by atomic mass is 10.0. The molecule has 0 amide bonds. The second-order valence-corrected chi connectivity index (χ2v) is 7.93. The fourth-order valence-electron chi connectivity index (χ4n) is 3.74. The zero-order valence-electron chi connectivity index (χ0n) is 16.1. The number of anilines is 1. The first kappa shape index (κ1) is 18.7. The minimum atomic E-state index is -1.14. The Hall–Kier alpha value is -2.63. The number of aryl methyl sites for hydroxylation is 1. The molecule has 0 aliphatic carbocycles. The van der Waals surface area contributed by atoms with Gasteiger partial charge in [-0.1, -0.05) is 43.6 Å². The Morgan fingerprint density at radius 1 is 1.18 bits per heavy atom. The van der Waals surface area contributed by atoms with E-state index in [1.807, 2.05) is 41.9 Å². The molecule has 0 bridgehead atoms. The Morgan fingerprint density at radius 3 is 2.64 bits per heavy atom. The van der Waals surface area contributed by atoms with Crippen molar-refractivity contribution in [2.24, 2.45) is 18.0 Å². The van der Waals surface area contributed by atoms with Crippen LogP contribution in [0, 0.1) is 5.92 Å². The van der Waals surface area contributed by atoms with Gasteiger partial charge in [-0.15, -0.1) is 0 Å². The standard InChI is InChI=1S/C22H22ClN3O2/c1-13(2)11-18-24-21-19(20(27)16-9-4-5-10-17(16)25(21)3)22(28)26(18)15-8-6-7-14(23)12-15/h4-10,12-13,22,28H,11H2,1-3H3. The fraction of sp³-hybridized carbons (Fsp3) is 0.273. The number of aliphatic hydroxyl groups excluding tert-OH is 1. The number of hydrogen-bond donors (Lipinski definition) is 1. The van der Waals surface area contributed by atoms with Crippen LogP contribution < -0.4 is 10.3 Å². The summed E-state index contributed by atoms with van der Waals surface area (Å²) in [6, 6.07) is 14.6. The van der Waals surface area contributed by atoms with Crippen LogP contribution in [0.3, 0.4) is 0 Å². The number of aliphatic imine (C=N–C) groups is 1. The first-order chi connectivity index (χ1) is 13.4. The van der Waals surface area contributed by atoms with E-state index in [0.717, 1.165) is 5.52 Å². The number of pyridine rings is 1. The zero-order chi connectivity index (χ0) is 20.0. The van der Waals surface area contributed by atoms with Gasteiger partial charge in [0.2, 0.25) is 0 Å². The van der Waals surface area contributed by atoms with Crippen LogP contribution in [0.25, 0.3) is 10.9 Å². The molecular weight excluding hydrogens is 374 g/mol. The molecule has 2 heterocycles. The van der Waals surface area contributed by atoms with Crippen molar-refractivity contribution in [1.82, 2.24) is 4.57 Å². The molecule has 0 radical (unpaired) electrons. The third-order valence-corrected chi connectivity index (χ3v) is 5.24. The average molecular weight is 396 g/mol. The van der Waals surface area contributed by atoms with Gasteiger partial charge in [0.25, 0.3) is 0 Å². The van der Waals surface area contributed by atoms with Crippen LogP contribution in [0.4, 0.5) is 11.5 Å². The predicted molar refractivity (Wildman–Crippen MR) is 115 cm³/mol. The van der Waals surface area contributed by atoms with Gasteiger partial charge < -0.3 is 9.67 Å². The highest BCUT2D eigenvalue weighted by Gasteiger charge is 2.34. The van der Waals surface area contributed by atoms with Gasteiger partial charge in [-0.3, -0.25) is 9.69 Å². The monoisotopic (exact) mass is 395 g/mol. The van der Waals surface area contributed by atoms with Gasteiger partial charge in [-0.25, -0.2) is 4.99 Å². The molecule has 0 saturated heterocycles. The van der Waals surface area contributed by atoms with Crippen molar-refractivity contribution in [3.8, 4) is 0 Å². The predicted octanol–water partition coefficient (Wildman–Crippen LogP) is 4.78. The lowest BCUT2D eigenvalue weighted by Crippen LogP contribution is -2.41. The number of rotatable bonds is 3. The van der Waals surface area contributed by atoms with Crippen LogP contribution >= 0.6 is 11.6 Å². The summed E-state index contributed by atoms with van der Waals surface area (Å²) in [6.07, 6.45) is -0.479. The summed E-state index contributed by atoms with van der Waals surface area (Å²) in [4.78, 5) is 19.8. The topological polar surface area (TPSA) is 57.8 Å². The van der Waals surface area contributed by atoms with E-state index in [1.165, 1.54) is 0 Å². The zero-order valence-corrected chi connectivity index (χ0v) is 16.8. The maximum atomic E-state index is 13.2. The second kappa shape index (κ2) is 7.08. The normalized spacial score (nSPS) is 16.4. The summed E-state index contributed by atoms with van der Waals surface area (Å²) < 4.78 is 1.88. The number of fused-ring (bicyclic) bond motifs is 2. The molecule has 1 aliphatic rings. The molecule has 0 spiro atoms. The van der Waals surface area contributed by atoms with Crippen LogP contribution in [0.2, 0.25) is 5.02 Å². The largest absolute Gasteiger partial charge is 0.369 e. The third kappa shape index (κ3) is 3.01. The van der Waals surface area contributed by atoms with Gasteiger partial charge in [-0.2, -0.15) is 0 Å². The number of aliphatic hydroxyl groups is 1. The SMILES string of the molecule is CC(C)CC1=Nc2c(c(=O)c3ccccc3n2C)C(O)N1c1cccc(Cl)c1. The van der Waals surface area contributed by atoms with Crippen molar-refractivity contribution in [1.29, 1.82) is 0 Å². The summed E-state index contributed by atoms with van der Waals surface area (Å²) in [5, 5.41) is 12.4. The summed E-state index contributed by atoms with van der Waals surface area (Å²) >= 11 is 6.19. The van der Waals surface area contributed by atoms with E-state index >= 15 is 0 Å². The van der Waals surface area contributed by atoms with E-state index in [2.05, 4.69) is 13.8 Å². The first-order valence-corrected chi connectivity index (χ1v) is 9.68. The summed E-state index contributed by atoms with van der Waals surface area (Å²) in [7, 11) is 1.87. The van der Waals surface area contributed by atoms with Gasteiger partial charge in [0.15, 0.2) is 11.7 Å². The molecule has 1 N–H and O–H groups in total. The third-order valence-electron chi connectivity index (χ3n) is 5.01. The van der Waals surface area contributed by atoms with Crippen molar-refractivity contribution >= 4 is 39.8 Å². The summed E-state index contributed by atoms with van der Waals surface area (Å²) in [6.45, 7) is 4.19. The lowest BCUT2D eigenvalue weighted by molar-refractivity contribution is 0.184. The molecule has 1 aromatic heterocycles. The van der Waals surface area contributed by atoms with E-state index in [-0.39, 0.29) is 11.0 Å². The van der Waals surface area contributed by atoms with E-state index in [1.54, 1.807) is 23.1 Å². The molecular formula is C22H22ClN3O2. The van der Waals surface area contributed by atoms with E-state index < -0.39 is 6.23 Å². The molecule has 3 aromatic rings. The number of benzene rings is 2. The summed E-state index contributed by atoms with van der Waals surface area (Å²) in [5.74, 6) is 1.54. The molecule has 0 saturated carbocycles. The lowest BCUT2D eigenvalue weighted by Gasteiger charge is -2.36. The molecule has 28 heavy (non-hydrogen) atoms. The molecule has 144 valence electrons. The van der Waals surface area contributed by atoms with Crippen molar-refractivity contribution in [3.05, 3.63) is 69.3 Å². The number of aromatic nitrogens is 1. The fourth-order valence-corrected chi connectivity index (χ4v) is 3.92. The van der Waals surface area contributed by atoms with Crippen molar-refractivity contribution in [2.75, 3.05) is 4.90 Å². The highest BCUT2D eigenvalue weighted by atomic mass is 35.5. The Balaban J connectivity index is 2.01. The van der Waals surface area contributed by atoms with E-state index in [0.29, 0.717) is 40.1 Å². The Labute approximate surface area is 168 Å². The van der Waals surface area contributed by atoms with Crippen LogP contribution in [0.15, 0.2) is 58.3 Å². The molecule has 6 heteroatoms. The number of amidine groups is 1. The second-order valence-electron chi connectivity index (χ2n) is 7.49. The smallest absolute Gasteiger partial charge is 0.199 e. The Morgan fingerprint density at radius 2 is 1.93 bits per heavy atom. The van der Waals surface area contributed by atoms with E-state index in [4.69, 9.17) is 16.6 Å². The summed E-state index contributed by atoms with van der Waals surface area (Å²) in [5.41, 5.74) is 1.59. The van der Waals surface area contributed by atoms with Crippen LogP contribution in [-0.4, -0.2) is 15.5 Å². The maximum absolute atomic E-state index is 13.2. The van der Waals surface area contributed by atoms with Crippen molar-refractivity contribution in [2.45, 2.75) is 26.5 Å². The number of halogens is 1. The minimum absolute atomic E-state index is 0.199. The van der Waals surface area contributed by atoms with Gasteiger partial charge in [0.1, 0.15) is 11.7 Å². The average Bonchev–Trinajstić information content (AvgIpc) is 2.65. The van der Waals surface area contributed by atoms with Gasteiger partial charge in [0, 0.05) is 29.6 Å². The van der Waals surface area contributed by atoms with E-state index in [9.17, 15) is 9.90 Å². The first-order valence-electron chi connectivity index (χ1n) is 9.30. The Kier molecular flexibility index (Phi) is 4.73. The molecule has 4 rings (SSSR count). The molecule has 1 atom stereocenters. The molecule has 5 nitrogen and oxygen atoms in total. The number of hydrogen-bond acceptors (Lipinski definition) is 4. The number of nitrogens with zero attached hydrogens (tertiary/aromatic N) is 3. The maximum Gasteiger partial charge on any atom is 0.199 e. The Bertz CT molecular complexity index is 1150. The van der Waals surface area contributed by atoms with Crippen molar-refractivity contribution < 1.29 is 5.11 Å². The molecule has 1 unspecified atom stereocenters. The van der Waals surface area contributed by atoms with Crippen LogP contribution in [0.1, 0.15) is 32.1 Å².